The Labute approximate surface area is 122 Å². The van der Waals surface area contributed by atoms with Gasteiger partial charge in [0, 0.05) is 19.6 Å². The van der Waals surface area contributed by atoms with Gasteiger partial charge in [0.1, 0.15) is 6.04 Å². The minimum absolute atomic E-state index is 0.147. The Morgan fingerprint density at radius 2 is 1.65 bits per heavy atom. The van der Waals surface area contributed by atoms with Crippen LogP contribution in [-0.4, -0.2) is 66.7 Å². The zero-order chi connectivity index (χ0) is 15.9. The van der Waals surface area contributed by atoms with E-state index >= 15 is 0 Å². The Morgan fingerprint density at radius 3 is 2.00 bits per heavy atom. The van der Waals surface area contributed by atoms with Gasteiger partial charge < -0.3 is 20.2 Å². The molecule has 0 saturated heterocycles. The summed E-state index contributed by atoms with van der Waals surface area (Å²) in [6, 6.07) is -1.15. The monoisotopic (exact) mass is 287 g/mol. The second kappa shape index (κ2) is 8.79. The molecule has 0 spiro atoms. The molecule has 0 bridgehead atoms. The quantitative estimate of drug-likeness (QED) is 0.706. The van der Waals surface area contributed by atoms with Crippen LogP contribution in [0.15, 0.2) is 0 Å². The predicted molar refractivity (Wildman–Crippen MR) is 79.8 cm³/mol. The topological polar surface area (TPSA) is 72.9 Å². The van der Waals surface area contributed by atoms with Crippen LogP contribution in [0, 0.1) is 11.8 Å². The van der Waals surface area contributed by atoms with E-state index in [-0.39, 0.29) is 11.9 Å². The van der Waals surface area contributed by atoms with Crippen molar-refractivity contribution >= 4 is 12.0 Å². The molecule has 0 aliphatic rings. The molecular weight excluding hydrogens is 258 g/mol. The first kappa shape index (κ1) is 18.7. The number of nitrogens with zero attached hydrogens (tertiary/aromatic N) is 2. The minimum Gasteiger partial charge on any atom is -0.480 e. The summed E-state index contributed by atoms with van der Waals surface area (Å²) < 4.78 is 0. The Hall–Kier alpha value is -1.30. The van der Waals surface area contributed by atoms with E-state index in [2.05, 4.69) is 5.32 Å². The van der Waals surface area contributed by atoms with Gasteiger partial charge in [0.05, 0.1) is 0 Å². The summed E-state index contributed by atoms with van der Waals surface area (Å²) in [6.07, 6.45) is 0. The molecule has 0 rings (SSSR count). The number of likely N-dealkylation sites (N-methyl/N-ethyl adjacent to an activating group) is 1. The molecule has 2 amide bonds. The Kier molecular flexibility index (Phi) is 8.22. The summed E-state index contributed by atoms with van der Waals surface area (Å²) in [6.45, 7) is 9.59. The molecule has 0 fully saturated rings. The van der Waals surface area contributed by atoms with Crippen molar-refractivity contribution in [3.8, 4) is 0 Å². The lowest BCUT2D eigenvalue weighted by Crippen LogP contribution is -2.52. The molecule has 6 nitrogen and oxygen atoms in total. The van der Waals surface area contributed by atoms with E-state index in [1.54, 1.807) is 18.7 Å². The first-order chi connectivity index (χ1) is 9.15. The molecule has 2 N–H and O–H groups in total. The van der Waals surface area contributed by atoms with E-state index in [4.69, 9.17) is 5.11 Å². The fourth-order valence-electron chi connectivity index (χ4n) is 1.78. The number of hydrogen-bond donors (Lipinski definition) is 2. The molecule has 0 radical (unpaired) electrons. The van der Waals surface area contributed by atoms with Crippen LogP contribution in [0.2, 0.25) is 0 Å². The van der Waals surface area contributed by atoms with Crippen LogP contribution in [0.25, 0.3) is 0 Å². The molecule has 0 aliphatic heterocycles. The Bertz CT molecular complexity index is 317. The summed E-state index contributed by atoms with van der Waals surface area (Å²) in [5.41, 5.74) is 0. The highest BCUT2D eigenvalue weighted by Gasteiger charge is 2.26. The first-order valence-corrected chi connectivity index (χ1v) is 7.08. The van der Waals surface area contributed by atoms with Gasteiger partial charge in [-0.05, 0) is 25.9 Å². The fraction of sp³-hybridized carbons (Fsp3) is 0.857. The number of hydrogen-bond acceptors (Lipinski definition) is 3. The highest BCUT2D eigenvalue weighted by molar-refractivity contribution is 5.82. The minimum atomic E-state index is -0.995. The van der Waals surface area contributed by atoms with Crippen molar-refractivity contribution < 1.29 is 14.7 Å². The van der Waals surface area contributed by atoms with Gasteiger partial charge in [0.25, 0.3) is 0 Å². The number of carbonyl (C=O) groups is 2. The van der Waals surface area contributed by atoms with Crippen molar-refractivity contribution in [3.05, 3.63) is 0 Å². The van der Waals surface area contributed by atoms with Crippen LogP contribution < -0.4 is 5.32 Å². The number of carboxylic acid groups (broad SMARTS) is 1. The molecule has 1 atom stereocenters. The van der Waals surface area contributed by atoms with E-state index in [1.807, 2.05) is 32.8 Å². The van der Waals surface area contributed by atoms with Crippen LogP contribution >= 0.6 is 0 Å². The molecule has 6 heteroatoms. The van der Waals surface area contributed by atoms with Crippen molar-refractivity contribution in [2.75, 3.05) is 33.7 Å². The second-order valence-electron chi connectivity index (χ2n) is 6.15. The number of rotatable bonds is 8. The molecule has 1 unspecified atom stereocenters. The van der Waals surface area contributed by atoms with Gasteiger partial charge in [-0.3, -0.25) is 0 Å². The molecule has 118 valence electrons. The van der Waals surface area contributed by atoms with Gasteiger partial charge >= 0.3 is 12.0 Å². The number of carbonyl (C=O) groups excluding carboxylic acids is 1. The van der Waals surface area contributed by atoms with Gasteiger partial charge in [0.2, 0.25) is 0 Å². The first-order valence-electron chi connectivity index (χ1n) is 7.08. The maximum absolute atomic E-state index is 12.2. The molecule has 0 aromatic heterocycles. The average Bonchev–Trinajstić information content (AvgIpc) is 2.29. The lowest BCUT2D eigenvalue weighted by atomic mass is 10.1. The Morgan fingerprint density at radius 1 is 1.10 bits per heavy atom. The second-order valence-corrected chi connectivity index (χ2v) is 6.15. The van der Waals surface area contributed by atoms with Crippen molar-refractivity contribution in [3.63, 3.8) is 0 Å². The SMILES string of the molecule is CC(C)CN(CCN(C)C)C(=O)NC(C(=O)O)C(C)C. The third-order valence-electron chi connectivity index (χ3n) is 2.90. The van der Waals surface area contributed by atoms with E-state index in [0.717, 1.165) is 6.54 Å². The largest absolute Gasteiger partial charge is 0.480 e. The van der Waals surface area contributed by atoms with Gasteiger partial charge in [0.15, 0.2) is 0 Å². The average molecular weight is 287 g/mol. The summed E-state index contributed by atoms with van der Waals surface area (Å²) in [7, 11) is 3.89. The van der Waals surface area contributed by atoms with Crippen molar-refractivity contribution in [1.29, 1.82) is 0 Å². The lowest BCUT2D eigenvalue weighted by Gasteiger charge is -2.28. The molecule has 0 aromatic rings. The molecule has 0 aromatic carbocycles. The van der Waals surface area contributed by atoms with Crippen LogP contribution in [0.3, 0.4) is 0 Å². The van der Waals surface area contributed by atoms with E-state index in [9.17, 15) is 9.59 Å². The standard InChI is InChI=1S/C14H29N3O3/c1-10(2)9-17(8-7-16(5)6)14(20)15-12(11(3)4)13(18)19/h10-12H,7-9H2,1-6H3,(H,15,20)(H,18,19). The third kappa shape index (κ3) is 7.33. The summed E-state index contributed by atoms with van der Waals surface area (Å²) in [5.74, 6) is -0.804. The summed E-state index contributed by atoms with van der Waals surface area (Å²) in [5, 5.41) is 11.7. The zero-order valence-electron chi connectivity index (χ0n) is 13.5. The van der Waals surface area contributed by atoms with Gasteiger partial charge in [-0.1, -0.05) is 27.7 Å². The molecule has 0 saturated carbocycles. The molecule has 0 heterocycles. The maximum Gasteiger partial charge on any atom is 0.326 e. The van der Waals surface area contributed by atoms with Crippen molar-refractivity contribution in [2.24, 2.45) is 11.8 Å². The van der Waals surface area contributed by atoms with Crippen molar-refractivity contribution in [1.82, 2.24) is 15.1 Å². The van der Waals surface area contributed by atoms with Gasteiger partial charge in [-0.25, -0.2) is 9.59 Å². The van der Waals surface area contributed by atoms with Crippen LogP contribution in [0.4, 0.5) is 4.79 Å². The number of carboxylic acids is 1. The van der Waals surface area contributed by atoms with E-state index in [0.29, 0.717) is 19.0 Å². The van der Waals surface area contributed by atoms with Crippen LogP contribution in [0.5, 0.6) is 0 Å². The fourth-order valence-corrected chi connectivity index (χ4v) is 1.78. The molecule has 20 heavy (non-hydrogen) atoms. The van der Waals surface area contributed by atoms with E-state index in [1.165, 1.54) is 0 Å². The summed E-state index contributed by atoms with van der Waals surface area (Å²) in [4.78, 5) is 27.1. The summed E-state index contributed by atoms with van der Waals surface area (Å²) >= 11 is 0. The lowest BCUT2D eigenvalue weighted by molar-refractivity contribution is -0.140. The van der Waals surface area contributed by atoms with E-state index < -0.39 is 12.0 Å². The number of amides is 2. The molecule has 0 aliphatic carbocycles. The number of nitrogens with one attached hydrogen (secondary N) is 1. The predicted octanol–water partition coefficient (Wildman–Crippen LogP) is 1.32. The van der Waals surface area contributed by atoms with Crippen LogP contribution in [-0.2, 0) is 4.79 Å². The maximum atomic E-state index is 12.2. The van der Waals surface area contributed by atoms with Gasteiger partial charge in [-0.15, -0.1) is 0 Å². The van der Waals surface area contributed by atoms with Crippen LogP contribution in [0.1, 0.15) is 27.7 Å². The normalized spacial score (nSPS) is 12.8. The third-order valence-corrected chi connectivity index (χ3v) is 2.90. The van der Waals surface area contributed by atoms with Gasteiger partial charge in [-0.2, -0.15) is 0 Å². The smallest absolute Gasteiger partial charge is 0.326 e. The highest BCUT2D eigenvalue weighted by atomic mass is 16.4. The highest BCUT2D eigenvalue weighted by Crippen LogP contribution is 2.05. The Balaban J connectivity index is 4.71. The van der Waals surface area contributed by atoms with Crippen molar-refractivity contribution in [2.45, 2.75) is 33.7 Å². The molecular formula is C14H29N3O3. The number of aliphatic carboxylic acids is 1. The number of urea groups is 1. The zero-order valence-corrected chi connectivity index (χ0v) is 13.5.